The predicted molar refractivity (Wildman–Crippen MR) is 85.1 cm³/mol. The van der Waals surface area contributed by atoms with Crippen molar-refractivity contribution in [3.63, 3.8) is 0 Å². The van der Waals surface area contributed by atoms with Gasteiger partial charge in [-0.1, -0.05) is 0 Å². The van der Waals surface area contributed by atoms with Gasteiger partial charge in [-0.2, -0.15) is 0 Å². The van der Waals surface area contributed by atoms with E-state index in [9.17, 15) is 4.79 Å². The van der Waals surface area contributed by atoms with Gasteiger partial charge in [-0.25, -0.2) is 4.98 Å². The molecular weight excluding hydrogens is 280 g/mol. The van der Waals surface area contributed by atoms with Crippen LogP contribution in [0.25, 0.3) is 0 Å². The van der Waals surface area contributed by atoms with Gasteiger partial charge in [0.1, 0.15) is 5.82 Å². The van der Waals surface area contributed by atoms with Crippen LogP contribution in [0.3, 0.4) is 0 Å². The maximum Gasteiger partial charge on any atom is 0.257 e. The van der Waals surface area contributed by atoms with Crippen molar-refractivity contribution in [2.24, 2.45) is 0 Å². The zero-order valence-corrected chi connectivity index (χ0v) is 13.0. The third kappa shape index (κ3) is 3.23. The van der Waals surface area contributed by atoms with Crippen LogP contribution in [0.5, 0.6) is 0 Å². The molecule has 0 unspecified atom stereocenters. The molecule has 1 aromatic heterocycles. The van der Waals surface area contributed by atoms with Gasteiger partial charge < -0.3 is 20.3 Å². The number of piperidine rings is 1. The molecule has 3 rings (SSSR count). The molecule has 2 atom stereocenters. The lowest BCUT2D eigenvalue weighted by Crippen LogP contribution is -2.49. The molecule has 0 aromatic carbocycles. The Morgan fingerprint density at radius 3 is 3.05 bits per heavy atom. The standard InChI is InChI=1S/C16H24N4O2/c1-22-14-6-8-17-11-13(14)19-15-12(5-4-7-18-15)16(21)20-9-2-3-10-20/h4-5,7,13-14,17H,2-3,6,8-11H2,1H3,(H,18,19)/t13-,14+/m0/s1. The van der Waals surface area contributed by atoms with Gasteiger partial charge in [0.2, 0.25) is 0 Å². The largest absolute Gasteiger partial charge is 0.379 e. The minimum atomic E-state index is 0.0748. The lowest BCUT2D eigenvalue weighted by Gasteiger charge is -2.32. The number of nitrogens with one attached hydrogen (secondary N) is 2. The molecule has 1 amide bonds. The van der Waals surface area contributed by atoms with Gasteiger partial charge in [-0.15, -0.1) is 0 Å². The van der Waals surface area contributed by atoms with Crippen molar-refractivity contribution in [1.82, 2.24) is 15.2 Å². The number of rotatable bonds is 4. The van der Waals surface area contributed by atoms with Crippen molar-refractivity contribution in [2.75, 3.05) is 38.6 Å². The number of methoxy groups -OCH3 is 1. The van der Waals surface area contributed by atoms with Gasteiger partial charge >= 0.3 is 0 Å². The van der Waals surface area contributed by atoms with Crippen LogP contribution in [0.2, 0.25) is 0 Å². The van der Waals surface area contributed by atoms with Gasteiger partial charge in [-0.05, 0) is 37.9 Å². The second-order valence-corrected chi connectivity index (χ2v) is 5.92. The van der Waals surface area contributed by atoms with Crippen LogP contribution in [0, 0.1) is 0 Å². The number of anilines is 1. The van der Waals surface area contributed by atoms with E-state index in [0.29, 0.717) is 11.4 Å². The Labute approximate surface area is 131 Å². The molecule has 2 aliphatic rings. The number of pyridine rings is 1. The monoisotopic (exact) mass is 304 g/mol. The van der Waals surface area contributed by atoms with Crippen LogP contribution in [0.1, 0.15) is 29.6 Å². The van der Waals surface area contributed by atoms with Crippen molar-refractivity contribution in [3.05, 3.63) is 23.9 Å². The lowest BCUT2D eigenvalue weighted by molar-refractivity contribution is 0.0662. The number of nitrogens with zero attached hydrogens (tertiary/aromatic N) is 2. The first-order valence-corrected chi connectivity index (χ1v) is 8.04. The Hall–Kier alpha value is -1.66. The van der Waals surface area contributed by atoms with Gasteiger partial charge in [0, 0.05) is 32.9 Å². The highest BCUT2D eigenvalue weighted by Gasteiger charge is 2.28. The summed E-state index contributed by atoms with van der Waals surface area (Å²) in [6, 6.07) is 3.80. The van der Waals surface area contributed by atoms with E-state index in [1.807, 2.05) is 17.0 Å². The fourth-order valence-corrected chi connectivity index (χ4v) is 3.22. The van der Waals surface area contributed by atoms with Crippen molar-refractivity contribution in [1.29, 1.82) is 0 Å². The summed E-state index contributed by atoms with van der Waals surface area (Å²) in [4.78, 5) is 19.0. The fraction of sp³-hybridized carbons (Fsp3) is 0.625. The van der Waals surface area contributed by atoms with Gasteiger partial charge in [0.25, 0.3) is 5.91 Å². The first kappa shape index (κ1) is 15.2. The Morgan fingerprint density at radius 2 is 2.27 bits per heavy atom. The Kier molecular flexibility index (Phi) is 4.90. The molecule has 2 fully saturated rings. The molecule has 3 heterocycles. The molecule has 0 aliphatic carbocycles. The molecule has 2 N–H and O–H groups in total. The molecule has 0 bridgehead atoms. The van der Waals surface area contributed by atoms with Crippen LogP contribution in [-0.2, 0) is 4.74 Å². The van der Waals surface area contributed by atoms with Crippen LogP contribution in [0.15, 0.2) is 18.3 Å². The summed E-state index contributed by atoms with van der Waals surface area (Å²) in [5.74, 6) is 0.737. The van der Waals surface area contributed by atoms with Crippen LogP contribution < -0.4 is 10.6 Å². The number of hydrogen-bond acceptors (Lipinski definition) is 5. The van der Waals surface area contributed by atoms with E-state index < -0.39 is 0 Å². The maximum atomic E-state index is 12.7. The molecule has 2 saturated heterocycles. The van der Waals surface area contributed by atoms with Crippen molar-refractivity contribution in [2.45, 2.75) is 31.4 Å². The number of ether oxygens (including phenoxy) is 1. The Morgan fingerprint density at radius 1 is 1.45 bits per heavy atom. The predicted octanol–water partition coefficient (Wildman–Crippen LogP) is 1.11. The van der Waals surface area contributed by atoms with Crippen LogP contribution in [-0.4, -0.2) is 61.2 Å². The molecule has 120 valence electrons. The van der Waals surface area contributed by atoms with Crippen molar-refractivity contribution < 1.29 is 9.53 Å². The van der Waals surface area contributed by atoms with Crippen LogP contribution >= 0.6 is 0 Å². The molecule has 0 radical (unpaired) electrons. The third-order valence-corrected chi connectivity index (χ3v) is 4.47. The number of carbonyl (C=O) groups excluding carboxylic acids is 1. The summed E-state index contributed by atoms with van der Waals surface area (Å²) in [7, 11) is 1.74. The number of aromatic nitrogens is 1. The highest BCUT2D eigenvalue weighted by molar-refractivity contribution is 5.98. The van der Waals surface area contributed by atoms with Crippen LogP contribution in [0.4, 0.5) is 5.82 Å². The Balaban J connectivity index is 1.77. The van der Waals surface area contributed by atoms with E-state index in [2.05, 4.69) is 15.6 Å². The zero-order chi connectivity index (χ0) is 15.4. The summed E-state index contributed by atoms with van der Waals surface area (Å²) in [5, 5.41) is 6.77. The zero-order valence-electron chi connectivity index (χ0n) is 13.0. The molecule has 0 spiro atoms. The summed E-state index contributed by atoms with van der Waals surface area (Å²) < 4.78 is 5.55. The first-order chi connectivity index (χ1) is 10.8. The Bertz CT molecular complexity index is 517. The number of hydrogen-bond donors (Lipinski definition) is 2. The quantitative estimate of drug-likeness (QED) is 0.872. The van der Waals surface area contributed by atoms with E-state index in [1.165, 1.54) is 0 Å². The fourth-order valence-electron chi connectivity index (χ4n) is 3.22. The highest BCUT2D eigenvalue weighted by atomic mass is 16.5. The SMILES string of the molecule is CO[C@@H]1CCNC[C@@H]1Nc1ncccc1C(=O)N1CCCC1. The average Bonchev–Trinajstić information content (AvgIpc) is 3.10. The molecule has 22 heavy (non-hydrogen) atoms. The van der Waals surface area contributed by atoms with E-state index in [4.69, 9.17) is 4.74 Å². The second kappa shape index (κ2) is 7.07. The summed E-state index contributed by atoms with van der Waals surface area (Å²) in [6.07, 6.45) is 5.00. The molecule has 6 heteroatoms. The molecule has 2 aliphatic heterocycles. The maximum absolute atomic E-state index is 12.7. The number of carbonyl (C=O) groups is 1. The van der Waals surface area contributed by atoms with E-state index in [0.717, 1.165) is 45.4 Å². The lowest BCUT2D eigenvalue weighted by atomic mass is 10.0. The average molecular weight is 304 g/mol. The van der Waals surface area contributed by atoms with Crippen molar-refractivity contribution in [3.8, 4) is 0 Å². The molecule has 0 saturated carbocycles. The summed E-state index contributed by atoms with van der Waals surface area (Å²) >= 11 is 0. The minimum Gasteiger partial charge on any atom is -0.379 e. The second-order valence-electron chi connectivity index (χ2n) is 5.92. The summed E-state index contributed by atoms with van der Waals surface area (Å²) in [6.45, 7) is 3.46. The van der Waals surface area contributed by atoms with E-state index >= 15 is 0 Å². The van der Waals surface area contributed by atoms with Gasteiger partial charge in [-0.3, -0.25) is 4.79 Å². The molecule has 6 nitrogen and oxygen atoms in total. The third-order valence-electron chi connectivity index (χ3n) is 4.47. The molecule has 1 aromatic rings. The first-order valence-electron chi connectivity index (χ1n) is 8.04. The van der Waals surface area contributed by atoms with Gasteiger partial charge in [0.15, 0.2) is 0 Å². The number of amides is 1. The highest BCUT2D eigenvalue weighted by Crippen LogP contribution is 2.20. The number of likely N-dealkylation sites (tertiary alicyclic amines) is 1. The minimum absolute atomic E-state index is 0.0748. The topological polar surface area (TPSA) is 66.5 Å². The van der Waals surface area contributed by atoms with Crippen molar-refractivity contribution >= 4 is 11.7 Å². The summed E-state index contributed by atoms with van der Waals surface area (Å²) in [5.41, 5.74) is 0.657. The smallest absolute Gasteiger partial charge is 0.257 e. The normalized spacial score (nSPS) is 25.2. The van der Waals surface area contributed by atoms with Gasteiger partial charge in [0.05, 0.1) is 17.7 Å². The van der Waals surface area contributed by atoms with E-state index in [-0.39, 0.29) is 18.1 Å². The van der Waals surface area contributed by atoms with E-state index in [1.54, 1.807) is 13.3 Å². The molecular formula is C16H24N4O2.